The highest BCUT2D eigenvalue weighted by Gasteiger charge is 2.59. The molecule has 3 fully saturated rings. The minimum atomic E-state index is -3.38. The van der Waals surface area contributed by atoms with Crippen LogP contribution in [0.3, 0.4) is 0 Å². The molecule has 8 heteroatoms. The van der Waals surface area contributed by atoms with E-state index in [1.807, 2.05) is 12.1 Å². The number of sulfonamides is 1. The molecule has 1 saturated heterocycles. The second-order valence-electron chi connectivity index (χ2n) is 9.36. The van der Waals surface area contributed by atoms with Crippen molar-refractivity contribution in [3.8, 4) is 5.75 Å². The number of fused-ring (bicyclic) bond motifs is 4. The molecule has 0 aromatic heterocycles. The van der Waals surface area contributed by atoms with E-state index in [4.69, 9.17) is 9.47 Å². The van der Waals surface area contributed by atoms with Gasteiger partial charge in [0.15, 0.2) is 6.61 Å². The Kier molecular flexibility index (Phi) is 5.07. The third-order valence-electron chi connectivity index (χ3n) is 7.43. The largest absolute Gasteiger partial charge is 0.483 e. The van der Waals surface area contributed by atoms with Gasteiger partial charge in [0.1, 0.15) is 5.75 Å². The number of nitrogens with one attached hydrogen (secondary N) is 1. The zero-order valence-corrected chi connectivity index (χ0v) is 18.2. The standard InChI is InChI=1S/C22H30N2O5S/c1-30(26,27)23-18-6-4-10-24-19(18)13-28-16-8-9-22(12-15(22)11-16)17-5-2-3-7-20(17)29-14-21(24)25/h2-3,5,7,15-16,18-19,23H,4,6,8-14H2,1H3/t15?,16-,18+,19+,22?/m1/s1. The zero-order valence-electron chi connectivity index (χ0n) is 17.4. The molecule has 0 radical (unpaired) electrons. The van der Waals surface area contributed by atoms with Gasteiger partial charge in [0.05, 0.1) is 25.0 Å². The molecule has 1 amide bonds. The van der Waals surface area contributed by atoms with Gasteiger partial charge in [-0.15, -0.1) is 0 Å². The molecule has 3 heterocycles. The molecular weight excluding hydrogens is 404 g/mol. The van der Waals surface area contributed by atoms with Crippen LogP contribution in [0.5, 0.6) is 5.75 Å². The summed E-state index contributed by atoms with van der Waals surface area (Å²) in [6.45, 7) is 0.913. The number of hydrogen-bond acceptors (Lipinski definition) is 5. The third kappa shape index (κ3) is 3.74. The second kappa shape index (κ2) is 7.50. The molecule has 5 aliphatic rings. The lowest BCUT2D eigenvalue weighted by Crippen LogP contribution is -2.59. The highest BCUT2D eigenvalue weighted by atomic mass is 32.2. The van der Waals surface area contributed by atoms with Crippen LogP contribution in [-0.4, -0.2) is 63.4 Å². The van der Waals surface area contributed by atoms with Crippen molar-refractivity contribution < 1.29 is 22.7 Å². The molecule has 1 aromatic rings. The Hall–Kier alpha value is -1.64. The van der Waals surface area contributed by atoms with Gasteiger partial charge >= 0.3 is 0 Å². The Bertz CT molecular complexity index is 935. The maximum atomic E-state index is 13.1. The van der Waals surface area contributed by atoms with Gasteiger partial charge in [0.2, 0.25) is 10.0 Å². The molecule has 2 bridgehead atoms. The van der Waals surface area contributed by atoms with E-state index in [0.29, 0.717) is 25.5 Å². The van der Waals surface area contributed by atoms with Crippen LogP contribution in [0.4, 0.5) is 0 Å². The number of carbonyl (C=O) groups is 1. The van der Waals surface area contributed by atoms with E-state index in [1.165, 1.54) is 11.8 Å². The number of piperidine rings is 1. The van der Waals surface area contributed by atoms with Crippen LogP contribution in [0.25, 0.3) is 0 Å². The van der Waals surface area contributed by atoms with Gasteiger partial charge in [-0.1, -0.05) is 18.2 Å². The van der Waals surface area contributed by atoms with Crippen LogP contribution in [0, 0.1) is 5.92 Å². The number of ether oxygens (including phenoxy) is 2. The Labute approximate surface area is 178 Å². The summed E-state index contributed by atoms with van der Waals surface area (Å²) in [6, 6.07) is 7.48. The fourth-order valence-corrected chi connectivity index (χ4v) is 6.74. The second-order valence-corrected chi connectivity index (χ2v) is 11.1. The van der Waals surface area contributed by atoms with Crippen LogP contribution >= 0.6 is 0 Å². The normalized spacial score (nSPS) is 36.3. The van der Waals surface area contributed by atoms with Gasteiger partial charge in [-0.3, -0.25) is 4.79 Å². The van der Waals surface area contributed by atoms with E-state index in [1.54, 1.807) is 4.90 Å². The molecule has 3 aliphatic heterocycles. The molecule has 6 rings (SSSR count). The van der Waals surface area contributed by atoms with E-state index in [0.717, 1.165) is 37.9 Å². The molecule has 30 heavy (non-hydrogen) atoms. The number of para-hydroxylation sites is 1. The Morgan fingerprint density at radius 3 is 2.87 bits per heavy atom. The molecule has 2 saturated carbocycles. The predicted octanol–water partition coefficient (Wildman–Crippen LogP) is 1.81. The summed E-state index contributed by atoms with van der Waals surface area (Å²) in [5, 5.41) is 0. The van der Waals surface area contributed by atoms with Crippen molar-refractivity contribution in [3.63, 3.8) is 0 Å². The summed E-state index contributed by atoms with van der Waals surface area (Å²) in [5.41, 5.74) is 1.40. The van der Waals surface area contributed by atoms with Gasteiger partial charge in [-0.2, -0.15) is 0 Å². The van der Waals surface area contributed by atoms with Crippen LogP contribution < -0.4 is 9.46 Å². The van der Waals surface area contributed by atoms with E-state index >= 15 is 0 Å². The van der Waals surface area contributed by atoms with Gasteiger partial charge in [0, 0.05) is 23.6 Å². The first kappa shape index (κ1) is 20.3. The minimum absolute atomic E-state index is 0.0384. The summed E-state index contributed by atoms with van der Waals surface area (Å²) in [7, 11) is -3.38. The highest BCUT2D eigenvalue weighted by molar-refractivity contribution is 7.88. The Morgan fingerprint density at radius 2 is 2.07 bits per heavy atom. The van der Waals surface area contributed by atoms with Gasteiger partial charge in [-0.25, -0.2) is 13.1 Å². The first-order chi connectivity index (χ1) is 14.4. The van der Waals surface area contributed by atoms with Crippen molar-refractivity contribution in [1.82, 2.24) is 9.62 Å². The lowest BCUT2D eigenvalue weighted by Gasteiger charge is -2.41. The smallest absolute Gasteiger partial charge is 0.260 e. The topological polar surface area (TPSA) is 84.9 Å². The fourth-order valence-electron chi connectivity index (χ4n) is 5.91. The van der Waals surface area contributed by atoms with Crippen LogP contribution in [-0.2, 0) is 25.0 Å². The number of carbonyl (C=O) groups excluding carboxylic acids is 1. The molecule has 164 valence electrons. The van der Waals surface area contributed by atoms with Crippen molar-refractivity contribution in [3.05, 3.63) is 29.8 Å². The third-order valence-corrected chi connectivity index (χ3v) is 8.16. The average molecular weight is 435 g/mol. The lowest BCUT2D eigenvalue weighted by molar-refractivity contribution is -0.140. The van der Waals surface area contributed by atoms with Crippen molar-refractivity contribution in [2.75, 3.05) is 26.0 Å². The SMILES string of the molecule is CS(=O)(=O)N[C@H]1CCCN2C(=O)COc3ccccc3C34CC[C@H](CC3C4)OC[C@@H]12. The summed E-state index contributed by atoms with van der Waals surface area (Å²) in [6.07, 6.45) is 6.99. The molecule has 2 unspecified atom stereocenters. The number of amides is 1. The van der Waals surface area contributed by atoms with E-state index in [9.17, 15) is 13.2 Å². The van der Waals surface area contributed by atoms with Gasteiger partial charge in [-0.05, 0) is 50.5 Å². The van der Waals surface area contributed by atoms with Crippen molar-refractivity contribution >= 4 is 15.9 Å². The monoisotopic (exact) mass is 434 g/mol. The number of hydrogen-bond donors (Lipinski definition) is 1. The molecule has 7 nitrogen and oxygen atoms in total. The molecule has 1 spiro atoms. The number of rotatable bonds is 2. The Morgan fingerprint density at radius 1 is 1.23 bits per heavy atom. The highest BCUT2D eigenvalue weighted by Crippen LogP contribution is 2.64. The predicted molar refractivity (Wildman–Crippen MR) is 112 cm³/mol. The van der Waals surface area contributed by atoms with Crippen LogP contribution in [0.15, 0.2) is 24.3 Å². The number of benzene rings is 1. The molecule has 1 N–H and O–H groups in total. The quantitative estimate of drug-likeness (QED) is 0.768. The average Bonchev–Trinajstić information content (AvgIpc) is 3.44. The van der Waals surface area contributed by atoms with E-state index in [-0.39, 0.29) is 36.1 Å². The summed E-state index contributed by atoms with van der Waals surface area (Å²) in [4.78, 5) is 14.9. The molecule has 2 aliphatic carbocycles. The molecule has 1 aromatic carbocycles. The number of nitrogens with zero attached hydrogens (tertiary/aromatic N) is 1. The lowest BCUT2D eigenvalue weighted by atomic mass is 9.81. The van der Waals surface area contributed by atoms with Gasteiger partial charge in [0.25, 0.3) is 5.91 Å². The first-order valence-corrected chi connectivity index (χ1v) is 12.9. The summed E-state index contributed by atoms with van der Waals surface area (Å²) in [5.74, 6) is 1.28. The summed E-state index contributed by atoms with van der Waals surface area (Å²) >= 11 is 0. The molecular formula is C22H30N2O5S. The maximum Gasteiger partial charge on any atom is 0.260 e. The molecule has 5 atom stereocenters. The maximum absolute atomic E-state index is 13.1. The van der Waals surface area contributed by atoms with Gasteiger partial charge < -0.3 is 14.4 Å². The van der Waals surface area contributed by atoms with E-state index in [2.05, 4.69) is 16.9 Å². The Balaban J connectivity index is 1.45. The van der Waals surface area contributed by atoms with Crippen molar-refractivity contribution in [2.24, 2.45) is 5.92 Å². The first-order valence-electron chi connectivity index (χ1n) is 11.0. The van der Waals surface area contributed by atoms with Crippen molar-refractivity contribution in [1.29, 1.82) is 0 Å². The zero-order chi connectivity index (χ0) is 20.9. The van der Waals surface area contributed by atoms with E-state index < -0.39 is 10.0 Å². The van der Waals surface area contributed by atoms with Crippen molar-refractivity contribution in [2.45, 2.75) is 62.1 Å². The van der Waals surface area contributed by atoms with Crippen LogP contribution in [0.2, 0.25) is 0 Å². The van der Waals surface area contributed by atoms with Crippen LogP contribution in [0.1, 0.15) is 44.1 Å². The minimum Gasteiger partial charge on any atom is -0.483 e. The fraction of sp³-hybridized carbons (Fsp3) is 0.682. The summed E-state index contributed by atoms with van der Waals surface area (Å²) < 4.78 is 38.9.